The zero-order chi connectivity index (χ0) is 29.4. The molecule has 0 atom stereocenters. The van der Waals surface area contributed by atoms with Crippen molar-refractivity contribution in [1.82, 2.24) is 0 Å². The zero-order valence-corrected chi connectivity index (χ0v) is 24.9. The van der Waals surface area contributed by atoms with Crippen molar-refractivity contribution in [1.29, 1.82) is 0 Å². The van der Waals surface area contributed by atoms with E-state index >= 15 is 0 Å². The van der Waals surface area contributed by atoms with Crippen molar-refractivity contribution < 1.29 is 0 Å². The minimum atomic E-state index is -0.129. The molecule has 2 aliphatic rings. The van der Waals surface area contributed by atoms with Gasteiger partial charge in [0.2, 0.25) is 0 Å². The van der Waals surface area contributed by atoms with Gasteiger partial charge in [-0.25, -0.2) is 0 Å². The quantitative estimate of drug-likeness (QED) is 0.207. The maximum absolute atomic E-state index is 2.47. The summed E-state index contributed by atoms with van der Waals surface area (Å²) < 4.78 is 0. The second-order valence-corrected chi connectivity index (χ2v) is 12.6. The van der Waals surface area contributed by atoms with Crippen LogP contribution in [0.25, 0.3) is 55.3 Å². The summed E-state index contributed by atoms with van der Waals surface area (Å²) in [5.74, 6) is 0. The number of nitrogens with zero attached hydrogens (tertiary/aromatic N) is 1. The largest absolute Gasteiger partial charge is 0.310 e. The molecule has 0 fully saturated rings. The predicted molar refractivity (Wildman–Crippen MR) is 186 cm³/mol. The van der Waals surface area contributed by atoms with Gasteiger partial charge in [-0.3, -0.25) is 0 Å². The van der Waals surface area contributed by atoms with Crippen molar-refractivity contribution in [3.63, 3.8) is 0 Å². The molecule has 0 heterocycles. The van der Waals surface area contributed by atoms with Crippen molar-refractivity contribution in [3.8, 4) is 44.5 Å². The fraction of sp³-hybridized carbons (Fsp3) is 0.0698. The Balaban J connectivity index is 1.23. The van der Waals surface area contributed by atoms with Crippen molar-refractivity contribution in [2.45, 2.75) is 19.3 Å². The first-order valence-corrected chi connectivity index (χ1v) is 15.4. The Bertz CT molecular complexity index is 2240. The highest BCUT2D eigenvalue weighted by Gasteiger charge is 2.39. The Kier molecular flexibility index (Phi) is 5.31. The Morgan fingerprint density at radius 3 is 1.77 bits per heavy atom. The van der Waals surface area contributed by atoms with Crippen LogP contribution in [-0.2, 0) is 5.41 Å². The van der Waals surface area contributed by atoms with Gasteiger partial charge in [-0.2, -0.15) is 0 Å². The molecule has 1 nitrogen and oxygen atoms in total. The molecule has 0 aliphatic heterocycles. The zero-order valence-electron chi connectivity index (χ0n) is 24.9. The summed E-state index contributed by atoms with van der Waals surface area (Å²) in [5.41, 5.74) is 16.7. The number of anilines is 3. The molecule has 0 bridgehead atoms. The average molecular weight is 562 g/mol. The molecule has 0 spiro atoms. The molecule has 0 N–H and O–H groups in total. The molecular weight excluding hydrogens is 530 g/mol. The summed E-state index contributed by atoms with van der Waals surface area (Å²) in [6.45, 7) is 4.74. The number of hydrogen-bond donors (Lipinski definition) is 0. The van der Waals surface area contributed by atoms with Crippen LogP contribution in [0, 0.1) is 0 Å². The molecule has 0 saturated heterocycles. The SMILES string of the molecule is CC1(C)c2ccccc2-c2cccc(N(c3ccc(-c4ccccc4)cc3)c3ccc4c(c3)-c3cc5ccccc5cc3-4)c21. The number of benzene rings is 7. The van der Waals surface area contributed by atoms with Gasteiger partial charge in [-0.15, -0.1) is 0 Å². The van der Waals surface area contributed by atoms with E-state index in [0.717, 1.165) is 5.69 Å². The Labute approximate surface area is 258 Å². The highest BCUT2D eigenvalue weighted by atomic mass is 15.1. The van der Waals surface area contributed by atoms with Crippen LogP contribution in [0.15, 0.2) is 152 Å². The summed E-state index contributed by atoms with van der Waals surface area (Å²) in [5, 5.41) is 2.58. The van der Waals surface area contributed by atoms with E-state index in [4.69, 9.17) is 0 Å². The third kappa shape index (κ3) is 3.59. The molecule has 208 valence electrons. The van der Waals surface area contributed by atoms with Crippen LogP contribution in [0.2, 0.25) is 0 Å². The lowest BCUT2D eigenvalue weighted by Crippen LogP contribution is -2.20. The first-order chi connectivity index (χ1) is 21.6. The van der Waals surface area contributed by atoms with Gasteiger partial charge in [0.15, 0.2) is 0 Å². The highest BCUT2D eigenvalue weighted by molar-refractivity contribution is 6.09. The minimum Gasteiger partial charge on any atom is -0.310 e. The lowest BCUT2D eigenvalue weighted by Gasteiger charge is -2.34. The highest BCUT2D eigenvalue weighted by Crippen LogP contribution is 2.56. The molecule has 9 rings (SSSR count). The molecule has 0 saturated carbocycles. The lowest BCUT2D eigenvalue weighted by molar-refractivity contribution is 0.661. The number of hydrogen-bond acceptors (Lipinski definition) is 1. The van der Waals surface area contributed by atoms with E-state index in [1.807, 2.05) is 0 Å². The van der Waals surface area contributed by atoms with E-state index in [1.165, 1.54) is 77.8 Å². The van der Waals surface area contributed by atoms with Gasteiger partial charge in [0.05, 0.1) is 5.69 Å². The van der Waals surface area contributed by atoms with Gasteiger partial charge < -0.3 is 4.90 Å². The first-order valence-electron chi connectivity index (χ1n) is 15.4. The monoisotopic (exact) mass is 561 g/mol. The van der Waals surface area contributed by atoms with E-state index < -0.39 is 0 Å². The van der Waals surface area contributed by atoms with Crippen LogP contribution in [0.5, 0.6) is 0 Å². The smallest absolute Gasteiger partial charge is 0.0508 e. The molecular formula is C43H31N. The molecule has 1 heteroatoms. The molecule has 0 unspecified atom stereocenters. The van der Waals surface area contributed by atoms with Crippen LogP contribution >= 0.6 is 0 Å². The van der Waals surface area contributed by atoms with E-state index in [0.29, 0.717) is 0 Å². The molecule has 2 aliphatic carbocycles. The first kappa shape index (κ1) is 25.1. The minimum absolute atomic E-state index is 0.129. The predicted octanol–water partition coefficient (Wildman–Crippen LogP) is 11.9. The fourth-order valence-electron chi connectivity index (χ4n) is 7.62. The van der Waals surface area contributed by atoms with Crippen molar-refractivity contribution in [3.05, 3.63) is 163 Å². The third-order valence-corrected chi connectivity index (χ3v) is 9.76. The summed E-state index contributed by atoms with van der Waals surface area (Å²) in [6.07, 6.45) is 0. The Morgan fingerprint density at radius 1 is 0.409 bits per heavy atom. The van der Waals surface area contributed by atoms with Crippen molar-refractivity contribution in [2.24, 2.45) is 0 Å². The standard InChI is InChI=1S/C43H31N/c1-43(2)40-17-9-8-15-35(40)36-16-10-18-41(42(36)43)44(32-21-19-29(20-22-32)28-11-4-3-5-12-28)33-23-24-34-37-25-30-13-6-7-14-31(30)26-38(37)39(34)27-33/h3-27H,1-2H3. The average Bonchev–Trinajstić information content (AvgIpc) is 3.31. The van der Waals surface area contributed by atoms with Crippen molar-refractivity contribution in [2.75, 3.05) is 4.90 Å². The van der Waals surface area contributed by atoms with Crippen LogP contribution in [0.4, 0.5) is 17.1 Å². The second kappa shape index (κ2) is 9.30. The summed E-state index contributed by atoms with van der Waals surface area (Å²) >= 11 is 0. The Hall–Kier alpha value is -5.40. The summed E-state index contributed by atoms with van der Waals surface area (Å²) in [6, 6.07) is 55.8. The normalized spacial score (nSPS) is 13.4. The molecule has 0 amide bonds. The number of rotatable bonds is 4. The number of fused-ring (bicyclic) bond motifs is 8. The maximum atomic E-state index is 2.47. The van der Waals surface area contributed by atoms with Crippen LogP contribution in [-0.4, -0.2) is 0 Å². The van der Waals surface area contributed by atoms with Gasteiger partial charge in [-0.05, 0) is 109 Å². The van der Waals surface area contributed by atoms with E-state index in [-0.39, 0.29) is 5.41 Å². The maximum Gasteiger partial charge on any atom is 0.0508 e. The van der Waals surface area contributed by atoms with Gasteiger partial charge in [0, 0.05) is 16.8 Å². The molecule has 7 aromatic carbocycles. The van der Waals surface area contributed by atoms with Gasteiger partial charge in [-0.1, -0.05) is 123 Å². The van der Waals surface area contributed by atoms with E-state index in [2.05, 4.69) is 170 Å². The summed E-state index contributed by atoms with van der Waals surface area (Å²) in [7, 11) is 0. The third-order valence-electron chi connectivity index (χ3n) is 9.76. The van der Waals surface area contributed by atoms with Gasteiger partial charge in [0.25, 0.3) is 0 Å². The molecule has 0 aromatic heterocycles. The molecule has 44 heavy (non-hydrogen) atoms. The topological polar surface area (TPSA) is 3.24 Å². The lowest BCUT2D eigenvalue weighted by atomic mass is 9.78. The van der Waals surface area contributed by atoms with Gasteiger partial charge in [0.1, 0.15) is 0 Å². The summed E-state index contributed by atoms with van der Waals surface area (Å²) in [4.78, 5) is 2.47. The fourth-order valence-corrected chi connectivity index (χ4v) is 7.62. The Morgan fingerprint density at radius 2 is 1.00 bits per heavy atom. The van der Waals surface area contributed by atoms with Crippen LogP contribution in [0.1, 0.15) is 25.0 Å². The molecule has 0 radical (unpaired) electrons. The molecule has 7 aromatic rings. The van der Waals surface area contributed by atoms with E-state index in [9.17, 15) is 0 Å². The van der Waals surface area contributed by atoms with Crippen LogP contribution < -0.4 is 4.90 Å². The second-order valence-electron chi connectivity index (χ2n) is 12.6. The van der Waals surface area contributed by atoms with Crippen LogP contribution in [0.3, 0.4) is 0 Å². The van der Waals surface area contributed by atoms with Gasteiger partial charge >= 0.3 is 0 Å². The van der Waals surface area contributed by atoms with E-state index in [1.54, 1.807) is 0 Å². The van der Waals surface area contributed by atoms with Crippen molar-refractivity contribution >= 4 is 27.8 Å².